The predicted octanol–water partition coefficient (Wildman–Crippen LogP) is 5.02. The summed E-state index contributed by atoms with van der Waals surface area (Å²) in [7, 11) is -3.91. The third kappa shape index (κ3) is 6.14. The summed E-state index contributed by atoms with van der Waals surface area (Å²) in [5.74, 6) is -2.18. The molecule has 41 heavy (non-hydrogen) atoms. The summed E-state index contributed by atoms with van der Waals surface area (Å²) in [6.45, 7) is 3.00. The maximum absolute atomic E-state index is 12.8. The highest BCUT2D eigenvalue weighted by Crippen LogP contribution is 2.41. The number of ether oxygens (including phenoxy) is 1. The molecule has 0 saturated carbocycles. The van der Waals surface area contributed by atoms with Crippen LogP contribution in [0, 0.1) is 11.3 Å². The number of furan rings is 1. The third-order valence-corrected chi connectivity index (χ3v) is 8.28. The first-order chi connectivity index (χ1) is 19.7. The number of carbonyl (C=O) groups excluding carboxylic acids is 2. The highest BCUT2D eigenvalue weighted by atomic mass is 32.2. The Morgan fingerprint density at radius 1 is 0.976 bits per heavy atom. The lowest BCUT2D eigenvalue weighted by molar-refractivity contribution is -0.119. The highest BCUT2D eigenvalue weighted by Gasteiger charge is 2.26. The molecule has 0 aliphatic rings. The maximum Gasteiger partial charge on any atom is 0.342 e. The van der Waals surface area contributed by atoms with E-state index in [0.717, 1.165) is 12.1 Å². The molecule has 3 aromatic carbocycles. The number of anilines is 1. The zero-order chi connectivity index (χ0) is 29.6. The van der Waals surface area contributed by atoms with Gasteiger partial charge < -0.3 is 14.3 Å². The second-order valence-electron chi connectivity index (χ2n) is 8.75. The number of phenolic OH excluding ortho intramolecular Hbond substituents is 1. The molecule has 1 amide bonds. The van der Waals surface area contributed by atoms with Crippen molar-refractivity contribution in [3.05, 3.63) is 90.0 Å². The Morgan fingerprint density at radius 2 is 1.59 bits per heavy atom. The molecule has 2 N–H and O–H groups in total. The average molecular weight is 574 g/mol. The summed E-state index contributed by atoms with van der Waals surface area (Å²) in [4.78, 5) is 25.3. The Hall–Kier alpha value is -4.92. The second kappa shape index (κ2) is 12.5. The minimum absolute atomic E-state index is 0.0849. The van der Waals surface area contributed by atoms with E-state index in [4.69, 9.17) is 9.15 Å². The van der Waals surface area contributed by atoms with Gasteiger partial charge in [0.25, 0.3) is 5.91 Å². The number of benzene rings is 3. The topological polar surface area (TPSA) is 150 Å². The van der Waals surface area contributed by atoms with Gasteiger partial charge in [0.05, 0.1) is 4.90 Å². The Kier molecular flexibility index (Phi) is 8.87. The molecule has 4 aromatic rings. The lowest BCUT2D eigenvalue weighted by atomic mass is 9.98. The first kappa shape index (κ1) is 29.1. The van der Waals surface area contributed by atoms with Gasteiger partial charge >= 0.3 is 5.97 Å². The molecule has 0 fully saturated rings. The SMILES string of the molecule is CCN(CC)S(=O)(=O)c1ccc(O)c(C(=O)OCC(=O)Nc2oc(-c3ccccc3)c(-c3ccccc3)c2C#N)c1. The second-order valence-corrected chi connectivity index (χ2v) is 10.7. The van der Waals surface area contributed by atoms with E-state index < -0.39 is 39.8 Å². The monoisotopic (exact) mass is 573 g/mol. The van der Waals surface area contributed by atoms with Crippen molar-refractivity contribution in [1.29, 1.82) is 5.26 Å². The molecule has 0 aliphatic carbocycles. The Labute approximate surface area is 237 Å². The molecule has 0 spiro atoms. The number of hydrogen-bond donors (Lipinski definition) is 2. The summed E-state index contributed by atoms with van der Waals surface area (Å²) in [5, 5.41) is 22.6. The zero-order valence-corrected chi connectivity index (χ0v) is 23.1. The first-order valence-electron chi connectivity index (χ1n) is 12.7. The third-order valence-electron chi connectivity index (χ3n) is 6.24. The van der Waals surface area contributed by atoms with Crippen molar-refractivity contribution in [3.63, 3.8) is 0 Å². The smallest absolute Gasteiger partial charge is 0.342 e. The van der Waals surface area contributed by atoms with E-state index in [2.05, 4.69) is 11.4 Å². The number of nitriles is 1. The number of nitrogens with zero attached hydrogens (tertiary/aromatic N) is 2. The number of nitrogens with one attached hydrogen (secondary N) is 1. The van der Waals surface area contributed by atoms with Crippen molar-refractivity contribution in [2.45, 2.75) is 18.7 Å². The summed E-state index contributed by atoms with van der Waals surface area (Å²) in [6.07, 6.45) is 0. The molecule has 0 aliphatic heterocycles. The minimum Gasteiger partial charge on any atom is -0.507 e. The van der Waals surface area contributed by atoms with Crippen LogP contribution in [0.5, 0.6) is 5.75 Å². The number of amides is 1. The molecular weight excluding hydrogens is 546 g/mol. The lowest BCUT2D eigenvalue weighted by Gasteiger charge is -2.19. The van der Waals surface area contributed by atoms with E-state index in [1.807, 2.05) is 48.5 Å². The van der Waals surface area contributed by atoms with Gasteiger partial charge in [0, 0.05) is 24.2 Å². The molecule has 4 rings (SSSR count). The van der Waals surface area contributed by atoms with Gasteiger partial charge in [0.2, 0.25) is 15.9 Å². The van der Waals surface area contributed by atoms with Gasteiger partial charge in [-0.15, -0.1) is 0 Å². The number of phenols is 1. The van der Waals surface area contributed by atoms with Gasteiger partial charge in [0.1, 0.15) is 28.7 Å². The molecule has 0 saturated heterocycles. The van der Waals surface area contributed by atoms with E-state index in [-0.39, 0.29) is 29.4 Å². The van der Waals surface area contributed by atoms with Crippen LogP contribution in [-0.2, 0) is 19.6 Å². The van der Waals surface area contributed by atoms with Gasteiger partial charge in [-0.25, -0.2) is 13.2 Å². The molecule has 0 atom stereocenters. The normalized spacial score (nSPS) is 11.2. The summed E-state index contributed by atoms with van der Waals surface area (Å²) < 4.78 is 37.9. The van der Waals surface area contributed by atoms with E-state index in [1.165, 1.54) is 10.4 Å². The number of sulfonamides is 1. The zero-order valence-electron chi connectivity index (χ0n) is 22.3. The van der Waals surface area contributed by atoms with Crippen LogP contribution in [0.2, 0.25) is 0 Å². The van der Waals surface area contributed by atoms with Crippen molar-refractivity contribution < 1.29 is 32.3 Å². The van der Waals surface area contributed by atoms with Gasteiger partial charge in [-0.3, -0.25) is 10.1 Å². The van der Waals surface area contributed by atoms with Gasteiger partial charge in [-0.1, -0.05) is 74.5 Å². The van der Waals surface area contributed by atoms with Crippen molar-refractivity contribution in [2.75, 3.05) is 25.0 Å². The van der Waals surface area contributed by atoms with Gasteiger partial charge in [-0.05, 0) is 23.8 Å². The molecule has 0 unspecified atom stereocenters. The van der Waals surface area contributed by atoms with Gasteiger partial charge in [0.15, 0.2) is 6.61 Å². The summed E-state index contributed by atoms with van der Waals surface area (Å²) in [5.41, 5.74) is 1.54. The van der Waals surface area contributed by atoms with Crippen LogP contribution in [0.4, 0.5) is 5.88 Å². The number of rotatable bonds is 10. The average Bonchev–Trinajstić information content (AvgIpc) is 3.35. The van der Waals surface area contributed by atoms with Crippen LogP contribution >= 0.6 is 0 Å². The Balaban J connectivity index is 1.56. The van der Waals surface area contributed by atoms with Crippen LogP contribution in [0.25, 0.3) is 22.5 Å². The standard InChI is InChI=1S/C30H27N3O7S/c1-3-33(4-2)41(37,38)22-15-16-25(34)23(17-22)30(36)39-19-26(35)32-29-24(18-31)27(20-11-7-5-8-12-20)28(40-29)21-13-9-6-10-14-21/h5-17,34H,3-4,19H2,1-2H3,(H,32,35). The first-order valence-corrected chi connectivity index (χ1v) is 14.1. The van der Waals surface area contributed by atoms with Gasteiger partial charge in [-0.2, -0.15) is 9.57 Å². The molecule has 11 heteroatoms. The minimum atomic E-state index is -3.91. The molecule has 0 radical (unpaired) electrons. The molecule has 1 heterocycles. The number of aromatic hydroxyl groups is 1. The highest BCUT2D eigenvalue weighted by molar-refractivity contribution is 7.89. The van der Waals surface area contributed by atoms with Crippen molar-refractivity contribution in [1.82, 2.24) is 4.31 Å². The number of hydrogen-bond acceptors (Lipinski definition) is 8. The summed E-state index contributed by atoms with van der Waals surface area (Å²) in [6, 6.07) is 23.5. The van der Waals surface area contributed by atoms with Crippen LogP contribution < -0.4 is 5.32 Å². The van der Waals surface area contributed by atoms with Crippen molar-refractivity contribution >= 4 is 27.8 Å². The Morgan fingerprint density at radius 3 is 2.17 bits per heavy atom. The molecule has 1 aromatic heterocycles. The molecule has 10 nitrogen and oxygen atoms in total. The quantitative estimate of drug-likeness (QED) is 0.251. The largest absolute Gasteiger partial charge is 0.507 e. The van der Waals surface area contributed by atoms with Crippen LogP contribution in [-0.4, -0.2) is 49.4 Å². The van der Waals surface area contributed by atoms with Crippen LogP contribution in [0.1, 0.15) is 29.8 Å². The molecule has 210 valence electrons. The van der Waals surface area contributed by atoms with E-state index in [0.29, 0.717) is 22.5 Å². The molecular formula is C30H27N3O7S. The van der Waals surface area contributed by atoms with E-state index >= 15 is 0 Å². The fraction of sp³-hybridized carbons (Fsp3) is 0.167. The number of esters is 1. The van der Waals surface area contributed by atoms with Crippen molar-refractivity contribution in [3.8, 4) is 34.3 Å². The Bertz CT molecular complexity index is 1710. The fourth-order valence-corrected chi connectivity index (χ4v) is 5.71. The molecule has 0 bridgehead atoms. The van der Waals surface area contributed by atoms with E-state index in [9.17, 15) is 28.4 Å². The van der Waals surface area contributed by atoms with Crippen molar-refractivity contribution in [2.24, 2.45) is 0 Å². The number of carbonyl (C=O) groups is 2. The lowest BCUT2D eigenvalue weighted by Crippen LogP contribution is -2.30. The predicted molar refractivity (Wildman–Crippen MR) is 151 cm³/mol. The summed E-state index contributed by atoms with van der Waals surface area (Å²) >= 11 is 0. The van der Waals surface area contributed by atoms with Crippen LogP contribution in [0.3, 0.4) is 0 Å². The fourth-order valence-electron chi connectivity index (χ4n) is 4.22. The maximum atomic E-state index is 12.8. The van der Waals surface area contributed by atoms with Crippen LogP contribution in [0.15, 0.2) is 88.2 Å². The van der Waals surface area contributed by atoms with E-state index in [1.54, 1.807) is 26.0 Å².